The van der Waals surface area contributed by atoms with Gasteiger partial charge in [-0.3, -0.25) is 0 Å². The third-order valence-corrected chi connectivity index (χ3v) is 3.54. The second kappa shape index (κ2) is 5.36. The van der Waals surface area contributed by atoms with E-state index in [0.29, 0.717) is 32.9 Å². The average Bonchev–Trinajstić information content (AvgIpc) is 2.60. The Morgan fingerprint density at radius 1 is 1.42 bits per heavy atom. The summed E-state index contributed by atoms with van der Waals surface area (Å²) in [5.74, 6) is 0.865. The van der Waals surface area contributed by atoms with Crippen molar-refractivity contribution in [2.45, 2.75) is 6.92 Å². The minimum absolute atomic E-state index is 0.221. The van der Waals surface area contributed by atoms with Gasteiger partial charge in [0.25, 0.3) is 0 Å². The summed E-state index contributed by atoms with van der Waals surface area (Å²) in [5, 5.41) is 4.97. The molecule has 0 radical (unpaired) electrons. The van der Waals surface area contributed by atoms with E-state index in [1.165, 1.54) is 0 Å². The normalized spacial score (nSPS) is 10.5. The maximum absolute atomic E-state index is 6.08. The van der Waals surface area contributed by atoms with Crippen molar-refractivity contribution >= 4 is 40.4 Å². The Morgan fingerprint density at radius 3 is 2.74 bits per heavy atom. The van der Waals surface area contributed by atoms with Crippen LogP contribution in [0.4, 0.5) is 0 Å². The van der Waals surface area contributed by atoms with E-state index in [0.717, 1.165) is 0 Å². The van der Waals surface area contributed by atoms with Crippen LogP contribution in [0.3, 0.4) is 0 Å². The quantitative estimate of drug-likeness (QED) is 0.881. The lowest BCUT2D eigenvalue weighted by Gasteiger charge is -2.10. The van der Waals surface area contributed by atoms with Gasteiger partial charge in [-0.15, -0.1) is 0 Å². The molecule has 0 aliphatic rings. The lowest BCUT2D eigenvalue weighted by atomic mass is 10.2. The Morgan fingerprint density at radius 2 is 2.11 bits per heavy atom. The predicted octanol–water partition coefficient (Wildman–Crippen LogP) is 3.46. The van der Waals surface area contributed by atoms with Crippen LogP contribution in [-0.4, -0.2) is 14.8 Å². The summed E-state index contributed by atoms with van der Waals surface area (Å²) in [7, 11) is 1.74. The largest absolute Gasteiger partial charge is 0.437 e. The van der Waals surface area contributed by atoms with Crippen LogP contribution in [0.5, 0.6) is 11.6 Å². The molecule has 2 rings (SSSR count). The van der Waals surface area contributed by atoms with Crippen LogP contribution in [0.2, 0.25) is 10.0 Å². The summed E-state index contributed by atoms with van der Waals surface area (Å²) in [4.78, 5) is 0.221. The van der Waals surface area contributed by atoms with Gasteiger partial charge in [0.1, 0.15) is 15.8 Å². The highest BCUT2D eigenvalue weighted by Gasteiger charge is 2.19. The minimum atomic E-state index is 0.221. The van der Waals surface area contributed by atoms with Crippen LogP contribution < -0.4 is 10.5 Å². The molecule has 0 bridgehead atoms. The predicted molar refractivity (Wildman–Crippen MR) is 80.4 cm³/mol. The summed E-state index contributed by atoms with van der Waals surface area (Å²) >= 11 is 17.0. The van der Waals surface area contributed by atoms with Crippen molar-refractivity contribution in [1.82, 2.24) is 9.78 Å². The van der Waals surface area contributed by atoms with Crippen molar-refractivity contribution in [3.8, 4) is 11.6 Å². The number of ether oxygens (including phenoxy) is 1. The minimum Gasteiger partial charge on any atom is -0.437 e. The molecule has 1 heterocycles. The number of hydrogen-bond donors (Lipinski definition) is 1. The van der Waals surface area contributed by atoms with Gasteiger partial charge in [0, 0.05) is 7.05 Å². The molecule has 19 heavy (non-hydrogen) atoms. The van der Waals surface area contributed by atoms with Crippen LogP contribution >= 0.6 is 35.4 Å². The number of aromatic nitrogens is 2. The SMILES string of the molecule is Cc1nn(C)c(Oc2cccc(Cl)c2Cl)c1C(N)=S. The summed E-state index contributed by atoms with van der Waals surface area (Å²) in [6.45, 7) is 1.81. The van der Waals surface area contributed by atoms with Gasteiger partial charge in [-0.25, -0.2) is 4.68 Å². The first-order valence-electron chi connectivity index (χ1n) is 5.37. The van der Waals surface area contributed by atoms with Gasteiger partial charge in [-0.1, -0.05) is 41.5 Å². The molecular weight excluding hydrogens is 305 g/mol. The van der Waals surface area contributed by atoms with E-state index in [1.54, 1.807) is 36.9 Å². The van der Waals surface area contributed by atoms with E-state index in [-0.39, 0.29) is 4.99 Å². The number of halogens is 2. The first kappa shape index (κ1) is 14.1. The molecule has 0 saturated carbocycles. The van der Waals surface area contributed by atoms with E-state index in [9.17, 15) is 0 Å². The Bertz CT molecular complexity index is 655. The van der Waals surface area contributed by atoms with Crippen LogP contribution in [0, 0.1) is 6.92 Å². The second-order valence-corrected chi connectivity index (χ2v) is 5.13. The topological polar surface area (TPSA) is 53.1 Å². The van der Waals surface area contributed by atoms with E-state index in [1.807, 2.05) is 0 Å². The van der Waals surface area contributed by atoms with Gasteiger partial charge in [-0.2, -0.15) is 5.10 Å². The van der Waals surface area contributed by atoms with Crippen LogP contribution in [0.25, 0.3) is 0 Å². The van der Waals surface area contributed by atoms with Crippen LogP contribution in [-0.2, 0) is 7.05 Å². The standard InChI is InChI=1S/C12H11Cl2N3OS/c1-6-9(11(15)19)12(17(2)16-6)18-8-5-3-4-7(13)10(8)14/h3-5H,1-2H3,(H2,15,19). The van der Waals surface area contributed by atoms with E-state index >= 15 is 0 Å². The number of nitrogens with two attached hydrogens (primary N) is 1. The van der Waals surface area contributed by atoms with Crippen molar-refractivity contribution in [3.63, 3.8) is 0 Å². The van der Waals surface area contributed by atoms with E-state index in [2.05, 4.69) is 5.10 Å². The Hall–Kier alpha value is -1.30. The fourth-order valence-corrected chi connectivity index (χ4v) is 2.27. The summed E-state index contributed by atoms with van der Waals surface area (Å²) < 4.78 is 7.31. The van der Waals surface area contributed by atoms with Crippen molar-refractivity contribution in [2.75, 3.05) is 0 Å². The molecule has 1 aromatic heterocycles. The Kier molecular flexibility index (Phi) is 3.99. The third-order valence-electron chi connectivity index (χ3n) is 2.54. The fraction of sp³-hybridized carbons (Fsp3) is 0.167. The molecule has 100 valence electrons. The fourth-order valence-electron chi connectivity index (χ4n) is 1.70. The lowest BCUT2D eigenvalue weighted by molar-refractivity contribution is 0.430. The summed E-state index contributed by atoms with van der Waals surface area (Å²) in [5.41, 5.74) is 6.98. The number of aryl methyl sites for hydroxylation is 2. The molecule has 0 aliphatic heterocycles. The molecule has 0 aliphatic carbocycles. The molecule has 0 saturated heterocycles. The molecule has 0 fully saturated rings. The van der Waals surface area contributed by atoms with Gasteiger partial charge < -0.3 is 10.5 Å². The maximum Gasteiger partial charge on any atom is 0.228 e. The summed E-state index contributed by atoms with van der Waals surface area (Å²) in [6, 6.07) is 5.13. The van der Waals surface area contributed by atoms with Gasteiger partial charge in [0.15, 0.2) is 0 Å². The summed E-state index contributed by atoms with van der Waals surface area (Å²) in [6.07, 6.45) is 0. The highest BCUT2D eigenvalue weighted by molar-refractivity contribution is 7.80. The molecule has 0 atom stereocenters. The third kappa shape index (κ3) is 2.68. The number of rotatable bonds is 3. The van der Waals surface area contributed by atoms with Crippen molar-refractivity contribution in [2.24, 2.45) is 12.8 Å². The van der Waals surface area contributed by atoms with Crippen molar-refractivity contribution < 1.29 is 4.74 Å². The van der Waals surface area contributed by atoms with Gasteiger partial charge in [0.2, 0.25) is 5.88 Å². The van der Waals surface area contributed by atoms with Gasteiger partial charge in [0.05, 0.1) is 16.3 Å². The Balaban J connectivity index is 2.49. The zero-order chi connectivity index (χ0) is 14.2. The monoisotopic (exact) mass is 315 g/mol. The molecule has 2 N–H and O–H groups in total. The highest BCUT2D eigenvalue weighted by Crippen LogP contribution is 2.36. The molecule has 7 heteroatoms. The van der Waals surface area contributed by atoms with Crippen molar-refractivity contribution in [1.29, 1.82) is 0 Å². The van der Waals surface area contributed by atoms with E-state index in [4.69, 9.17) is 45.9 Å². The van der Waals surface area contributed by atoms with Crippen LogP contribution in [0.15, 0.2) is 18.2 Å². The molecular formula is C12H11Cl2N3OS. The maximum atomic E-state index is 6.08. The smallest absolute Gasteiger partial charge is 0.228 e. The number of thiocarbonyl (C=S) groups is 1. The second-order valence-electron chi connectivity index (χ2n) is 3.91. The number of nitrogens with zero attached hydrogens (tertiary/aromatic N) is 2. The zero-order valence-corrected chi connectivity index (χ0v) is 12.6. The van der Waals surface area contributed by atoms with Gasteiger partial charge in [-0.05, 0) is 19.1 Å². The molecule has 2 aromatic rings. The molecule has 1 aromatic carbocycles. The number of benzene rings is 1. The van der Waals surface area contributed by atoms with Crippen molar-refractivity contribution in [3.05, 3.63) is 39.5 Å². The molecule has 0 spiro atoms. The van der Waals surface area contributed by atoms with E-state index < -0.39 is 0 Å². The lowest BCUT2D eigenvalue weighted by Crippen LogP contribution is -2.11. The van der Waals surface area contributed by atoms with Gasteiger partial charge >= 0.3 is 0 Å². The number of hydrogen-bond acceptors (Lipinski definition) is 3. The molecule has 0 amide bonds. The highest BCUT2D eigenvalue weighted by atomic mass is 35.5. The Labute approximate surface area is 126 Å². The van der Waals surface area contributed by atoms with Crippen LogP contribution in [0.1, 0.15) is 11.3 Å². The molecule has 0 unspecified atom stereocenters. The zero-order valence-electron chi connectivity index (χ0n) is 10.3. The average molecular weight is 316 g/mol. The first-order valence-corrected chi connectivity index (χ1v) is 6.53. The first-order chi connectivity index (χ1) is 8.91. The molecule has 4 nitrogen and oxygen atoms in total.